The zero-order valence-electron chi connectivity index (χ0n) is 9.86. The molecule has 2 nitrogen and oxygen atoms in total. The Morgan fingerprint density at radius 2 is 2.25 bits per heavy atom. The fourth-order valence-corrected chi connectivity index (χ4v) is 2.32. The second-order valence-electron chi connectivity index (χ2n) is 4.61. The van der Waals surface area contributed by atoms with Gasteiger partial charge in [-0.15, -0.1) is 12.4 Å². The first-order chi connectivity index (χ1) is 7.28. The maximum Gasteiger partial charge on any atom is 0.0233 e. The maximum absolute atomic E-state index is 5.69. The molecule has 0 saturated carbocycles. The first kappa shape index (κ1) is 13.5. The fourth-order valence-electron chi connectivity index (χ4n) is 2.32. The smallest absolute Gasteiger partial charge is 0.0233 e. The summed E-state index contributed by atoms with van der Waals surface area (Å²) < 4.78 is 0. The molecule has 0 aromatic heterocycles. The lowest BCUT2D eigenvalue weighted by Gasteiger charge is -2.15. The van der Waals surface area contributed by atoms with Crippen molar-refractivity contribution >= 4 is 12.4 Å². The van der Waals surface area contributed by atoms with Gasteiger partial charge in [0.15, 0.2) is 0 Å². The van der Waals surface area contributed by atoms with Crippen LogP contribution in [-0.4, -0.2) is 24.5 Å². The third-order valence-corrected chi connectivity index (χ3v) is 3.19. The molecule has 2 N–H and O–H groups in total. The van der Waals surface area contributed by atoms with Gasteiger partial charge >= 0.3 is 0 Å². The predicted molar refractivity (Wildman–Crippen MR) is 70.9 cm³/mol. The van der Waals surface area contributed by atoms with Crippen molar-refractivity contribution in [2.45, 2.75) is 19.9 Å². The molecule has 1 fully saturated rings. The summed E-state index contributed by atoms with van der Waals surface area (Å²) in [6, 6.07) is 8.77. The number of aryl methyl sites for hydroxylation is 1. The summed E-state index contributed by atoms with van der Waals surface area (Å²) in [4.78, 5) is 2.51. The molecule has 2 rings (SSSR count). The Balaban J connectivity index is 0.00000128. The highest BCUT2D eigenvalue weighted by Gasteiger charge is 2.20. The Hall–Kier alpha value is -0.570. The molecule has 1 aromatic carbocycles. The summed E-state index contributed by atoms with van der Waals surface area (Å²) in [6.07, 6.45) is 1.27. The first-order valence-electron chi connectivity index (χ1n) is 5.76. The second kappa shape index (κ2) is 6.24. The van der Waals surface area contributed by atoms with Crippen molar-refractivity contribution in [3.63, 3.8) is 0 Å². The molecule has 1 aliphatic rings. The van der Waals surface area contributed by atoms with Gasteiger partial charge in [0.1, 0.15) is 0 Å². The van der Waals surface area contributed by atoms with E-state index in [1.54, 1.807) is 0 Å². The van der Waals surface area contributed by atoms with Gasteiger partial charge < -0.3 is 5.73 Å². The van der Waals surface area contributed by atoms with Crippen LogP contribution in [0.1, 0.15) is 17.5 Å². The van der Waals surface area contributed by atoms with Crippen molar-refractivity contribution in [2.75, 3.05) is 19.6 Å². The normalized spacial score (nSPS) is 20.8. The van der Waals surface area contributed by atoms with E-state index in [4.69, 9.17) is 5.73 Å². The summed E-state index contributed by atoms with van der Waals surface area (Å²) in [7, 11) is 0. The van der Waals surface area contributed by atoms with Crippen molar-refractivity contribution in [1.29, 1.82) is 0 Å². The second-order valence-corrected chi connectivity index (χ2v) is 4.61. The Morgan fingerprint density at radius 3 is 2.88 bits per heavy atom. The van der Waals surface area contributed by atoms with Gasteiger partial charge in [0.25, 0.3) is 0 Å². The molecule has 0 amide bonds. The van der Waals surface area contributed by atoms with E-state index < -0.39 is 0 Å². The molecular formula is C13H21ClN2. The Labute approximate surface area is 104 Å². The molecule has 1 aromatic rings. The van der Waals surface area contributed by atoms with Crippen molar-refractivity contribution in [3.8, 4) is 0 Å². The minimum Gasteiger partial charge on any atom is -0.330 e. The van der Waals surface area contributed by atoms with Gasteiger partial charge in [-0.1, -0.05) is 29.8 Å². The molecule has 1 atom stereocenters. The summed E-state index contributed by atoms with van der Waals surface area (Å²) in [5.74, 6) is 0.717. The van der Waals surface area contributed by atoms with Gasteiger partial charge in [-0.2, -0.15) is 0 Å². The fraction of sp³-hybridized carbons (Fsp3) is 0.538. The van der Waals surface area contributed by atoms with Crippen LogP contribution in [0.2, 0.25) is 0 Å². The zero-order valence-corrected chi connectivity index (χ0v) is 10.7. The monoisotopic (exact) mass is 240 g/mol. The van der Waals surface area contributed by atoms with Crippen LogP contribution >= 0.6 is 12.4 Å². The Morgan fingerprint density at radius 1 is 1.44 bits per heavy atom. The van der Waals surface area contributed by atoms with Gasteiger partial charge in [0.2, 0.25) is 0 Å². The van der Waals surface area contributed by atoms with Crippen molar-refractivity contribution in [3.05, 3.63) is 35.4 Å². The van der Waals surface area contributed by atoms with Crippen LogP contribution < -0.4 is 5.73 Å². The van der Waals surface area contributed by atoms with E-state index in [0.717, 1.165) is 19.0 Å². The van der Waals surface area contributed by atoms with E-state index in [9.17, 15) is 0 Å². The average molecular weight is 241 g/mol. The highest BCUT2D eigenvalue weighted by atomic mass is 35.5. The summed E-state index contributed by atoms with van der Waals surface area (Å²) in [5.41, 5.74) is 8.46. The summed E-state index contributed by atoms with van der Waals surface area (Å²) in [6.45, 7) is 6.44. The van der Waals surface area contributed by atoms with Crippen LogP contribution in [0.15, 0.2) is 24.3 Å². The number of halogens is 1. The number of likely N-dealkylation sites (tertiary alicyclic amines) is 1. The van der Waals surface area contributed by atoms with E-state index in [2.05, 4.69) is 36.1 Å². The topological polar surface area (TPSA) is 29.3 Å². The van der Waals surface area contributed by atoms with Gasteiger partial charge in [0.05, 0.1) is 0 Å². The number of nitrogens with two attached hydrogens (primary N) is 1. The number of benzene rings is 1. The average Bonchev–Trinajstić information content (AvgIpc) is 2.65. The van der Waals surface area contributed by atoms with E-state index in [-0.39, 0.29) is 12.4 Å². The molecule has 0 bridgehead atoms. The third-order valence-electron chi connectivity index (χ3n) is 3.19. The van der Waals surface area contributed by atoms with Crippen LogP contribution in [0.25, 0.3) is 0 Å². The molecule has 1 heterocycles. The van der Waals surface area contributed by atoms with E-state index >= 15 is 0 Å². The molecule has 0 aliphatic carbocycles. The molecule has 1 unspecified atom stereocenters. The predicted octanol–water partition coefficient (Wildman–Crippen LogP) is 2.20. The molecule has 3 heteroatoms. The van der Waals surface area contributed by atoms with E-state index in [1.165, 1.54) is 30.6 Å². The lowest BCUT2D eigenvalue weighted by atomic mass is 10.1. The summed E-state index contributed by atoms with van der Waals surface area (Å²) >= 11 is 0. The molecular weight excluding hydrogens is 220 g/mol. The van der Waals surface area contributed by atoms with Crippen LogP contribution in [0, 0.1) is 12.8 Å². The highest BCUT2D eigenvalue weighted by molar-refractivity contribution is 5.85. The van der Waals surface area contributed by atoms with Crippen molar-refractivity contribution in [2.24, 2.45) is 11.7 Å². The first-order valence-corrected chi connectivity index (χ1v) is 5.76. The third kappa shape index (κ3) is 3.48. The van der Waals surface area contributed by atoms with Gasteiger partial charge in [-0.3, -0.25) is 4.90 Å². The quantitative estimate of drug-likeness (QED) is 0.878. The minimum absolute atomic E-state index is 0. The standard InChI is InChI=1S/C13H20N2.ClH/c1-11-3-2-4-12(7-11)9-15-6-5-13(8-14)10-15;/h2-4,7,13H,5-6,8-10,14H2,1H3;1H. The Kier molecular flexibility index (Phi) is 5.26. The van der Waals surface area contributed by atoms with Crippen LogP contribution in [0.5, 0.6) is 0 Å². The number of hydrogen-bond acceptors (Lipinski definition) is 2. The lowest BCUT2D eigenvalue weighted by molar-refractivity contribution is 0.318. The molecule has 0 radical (unpaired) electrons. The molecule has 0 spiro atoms. The molecule has 1 aliphatic heterocycles. The number of hydrogen-bond donors (Lipinski definition) is 1. The number of rotatable bonds is 3. The van der Waals surface area contributed by atoms with Gasteiger partial charge in [0, 0.05) is 13.1 Å². The molecule has 1 saturated heterocycles. The maximum atomic E-state index is 5.69. The summed E-state index contributed by atoms with van der Waals surface area (Å²) in [5, 5.41) is 0. The van der Waals surface area contributed by atoms with Crippen molar-refractivity contribution in [1.82, 2.24) is 4.90 Å². The Bertz CT molecular complexity index is 327. The van der Waals surface area contributed by atoms with Crippen LogP contribution in [0.3, 0.4) is 0 Å². The largest absolute Gasteiger partial charge is 0.330 e. The van der Waals surface area contributed by atoms with Gasteiger partial charge in [-0.25, -0.2) is 0 Å². The SMILES string of the molecule is Cc1cccc(CN2CCC(CN)C2)c1.Cl. The number of nitrogens with zero attached hydrogens (tertiary/aromatic N) is 1. The molecule has 90 valence electrons. The lowest BCUT2D eigenvalue weighted by Crippen LogP contribution is -2.22. The van der Waals surface area contributed by atoms with E-state index in [1.807, 2.05) is 0 Å². The zero-order chi connectivity index (χ0) is 10.7. The van der Waals surface area contributed by atoms with E-state index in [0.29, 0.717) is 0 Å². The minimum atomic E-state index is 0. The van der Waals surface area contributed by atoms with Crippen molar-refractivity contribution < 1.29 is 0 Å². The van der Waals surface area contributed by atoms with Crippen LogP contribution in [-0.2, 0) is 6.54 Å². The highest BCUT2D eigenvalue weighted by Crippen LogP contribution is 2.17. The molecule has 16 heavy (non-hydrogen) atoms. The van der Waals surface area contributed by atoms with Crippen LogP contribution in [0.4, 0.5) is 0 Å². The van der Waals surface area contributed by atoms with Gasteiger partial charge in [-0.05, 0) is 37.9 Å².